The van der Waals surface area contributed by atoms with Gasteiger partial charge in [-0.15, -0.1) is 0 Å². The molecule has 0 spiro atoms. The maximum Gasteiger partial charge on any atom is 0.490 e. The van der Waals surface area contributed by atoms with Gasteiger partial charge in [-0.1, -0.05) is 64.1 Å². The Morgan fingerprint density at radius 2 is 1.47 bits per heavy atom. The third-order valence-corrected chi connectivity index (χ3v) is 6.00. The molecule has 1 rings (SSSR count). The summed E-state index contributed by atoms with van der Waals surface area (Å²) in [6.45, 7) is 11.0. The Balaban J connectivity index is 0.00000171. The van der Waals surface area contributed by atoms with Crippen molar-refractivity contribution in [2.75, 3.05) is 14.1 Å². The highest BCUT2D eigenvalue weighted by molar-refractivity contribution is 5.91. The molecular weight excluding hydrogens is 507 g/mol. The molecular formula is C26H38F3N3O6. The Bertz CT molecular complexity index is 994. The topological polar surface area (TPSA) is 136 Å². The van der Waals surface area contributed by atoms with Crippen LogP contribution in [0.5, 0.6) is 0 Å². The van der Waals surface area contributed by atoms with Crippen LogP contribution >= 0.6 is 0 Å². The second-order valence-electron chi connectivity index (χ2n) is 9.68. The van der Waals surface area contributed by atoms with Crippen LogP contribution in [0.3, 0.4) is 0 Å². The van der Waals surface area contributed by atoms with Gasteiger partial charge in [-0.3, -0.25) is 9.59 Å². The number of benzene rings is 1. The molecule has 0 aliphatic rings. The molecule has 9 nitrogen and oxygen atoms in total. The third kappa shape index (κ3) is 10.2. The molecule has 214 valence electrons. The fourth-order valence-electron chi connectivity index (χ4n) is 3.74. The summed E-state index contributed by atoms with van der Waals surface area (Å²) in [4.78, 5) is 47.7. The summed E-state index contributed by atoms with van der Waals surface area (Å²) >= 11 is 0. The largest absolute Gasteiger partial charge is 0.490 e. The molecule has 3 atom stereocenters. The van der Waals surface area contributed by atoms with Crippen molar-refractivity contribution in [2.24, 2.45) is 5.92 Å². The number of nitrogens with zero attached hydrogens (tertiary/aromatic N) is 1. The number of aliphatic carboxylic acids is 2. The molecule has 0 saturated carbocycles. The monoisotopic (exact) mass is 545 g/mol. The van der Waals surface area contributed by atoms with Gasteiger partial charge in [0.2, 0.25) is 11.8 Å². The Labute approximate surface area is 221 Å². The molecule has 3 unspecified atom stereocenters. The number of carbonyl (C=O) groups excluding carboxylic acids is 2. The number of rotatable bonds is 10. The third-order valence-electron chi connectivity index (χ3n) is 6.00. The Hall–Kier alpha value is -3.41. The molecule has 0 saturated heterocycles. The summed E-state index contributed by atoms with van der Waals surface area (Å²) in [5.74, 6) is -4.33. The van der Waals surface area contributed by atoms with E-state index in [0.29, 0.717) is 0 Å². The van der Waals surface area contributed by atoms with Crippen LogP contribution in [0.25, 0.3) is 0 Å². The van der Waals surface area contributed by atoms with Gasteiger partial charge in [0.15, 0.2) is 0 Å². The fourth-order valence-corrected chi connectivity index (χ4v) is 3.74. The minimum atomic E-state index is -5.08. The minimum Gasteiger partial charge on any atom is -0.478 e. The van der Waals surface area contributed by atoms with Crippen molar-refractivity contribution < 1.29 is 42.6 Å². The Morgan fingerprint density at radius 3 is 1.84 bits per heavy atom. The van der Waals surface area contributed by atoms with Gasteiger partial charge in [-0.05, 0) is 32.4 Å². The van der Waals surface area contributed by atoms with Crippen LogP contribution in [0.1, 0.15) is 47.1 Å². The Kier molecular flexibility index (Phi) is 13.2. The normalized spacial score (nSPS) is 14.5. The van der Waals surface area contributed by atoms with Crippen LogP contribution in [-0.4, -0.2) is 77.3 Å². The molecule has 38 heavy (non-hydrogen) atoms. The lowest BCUT2D eigenvalue weighted by atomic mass is 9.77. The van der Waals surface area contributed by atoms with Crippen LogP contribution in [0.15, 0.2) is 42.0 Å². The second-order valence-corrected chi connectivity index (χ2v) is 9.68. The highest BCUT2D eigenvalue weighted by atomic mass is 19.4. The number of carboxylic acids is 2. The van der Waals surface area contributed by atoms with E-state index in [1.54, 1.807) is 27.1 Å². The fraction of sp³-hybridized carbons (Fsp3) is 0.538. The lowest BCUT2D eigenvalue weighted by Crippen LogP contribution is -2.58. The molecule has 0 aliphatic heterocycles. The highest BCUT2D eigenvalue weighted by Crippen LogP contribution is 2.27. The van der Waals surface area contributed by atoms with Gasteiger partial charge in [-0.25, -0.2) is 9.59 Å². The number of likely N-dealkylation sites (N-methyl/N-ethyl adjacent to an activating group) is 2. The molecule has 0 fully saturated rings. The molecule has 0 aliphatic carbocycles. The number of carbonyl (C=O) groups is 4. The maximum atomic E-state index is 13.1. The van der Waals surface area contributed by atoms with Crippen LogP contribution in [0, 0.1) is 5.92 Å². The van der Waals surface area contributed by atoms with Gasteiger partial charge in [0, 0.05) is 18.0 Å². The van der Waals surface area contributed by atoms with Crippen LogP contribution in [0.4, 0.5) is 13.2 Å². The van der Waals surface area contributed by atoms with Crippen molar-refractivity contribution in [3.63, 3.8) is 0 Å². The number of amides is 2. The zero-order valence-electron chi connectivity index (χ0n) is 22.9. The van der Waals surface area contributed by atoms with Crippen molar-refractivity contribution in [2.45, 2.75) is 71.3 Å². The molecule has 0 bridgehead atoms. The van der Waals surface area contributed by atoms with E-state index in [9.17, 15) is 32.7 Å². The zero-order chi connectivity index (χ0) is 30.0. The first-order valence-electron chi connectivity index (χ1n) is 11.8. The van der Waals surface area contributed by atoms with Crippen LogP contribution < -0.4 is 10.6 Å². The van der Waals surface area contributed by atoms with E-state index in [-0.39, 0.29) is 23.3 Å². The first-order valence-corrected chi connectivity index (χ1v) is 11.8. The van der Waals surface area contributed by atoms with E-state index >= 15 is 0 Å². The van der Waals surface area contributed by atoms with Gasteiger partial charge in [-0.2, -0.15) is 13.2 Å². The molecule has 12 heteroatoms. The van der Waals surface area contributed by atoms with Crippen molar-refractivity contribution >= 4 is 23.8 Å². The van der Waals surface area contributed by atoms with E-state index in [0.717, 1.165) is 5.56 Å². The number of alkyl halides is 3. The summed E-state index contributed by atoms with van der Waals surface area (Å²) in [7, 11) is 3.35. The van der Waals surface area contributed by atoms with Crippen molar-refractivity contribution in [1.82, 2.24) is 15.5 Å². The van der Waals surface area contributed by atoms with Gasteiger partial charge < -0.3 is 25.7 Å². The Morgan fingerprint density at radius 1 is 1.00 bits per heavy atom. The number of halogens is 3. The lowest BCUT2D eigenvalue weighted by Gasteiger charge is -2.35. The quantitative estimate of drug-likeness (QED) is 0.332. The van der Waals surface area contributed by atoms with Gasteiger partial charge >= 0.3 is 18.1 Å². The average Bonchev–Trinajstić information content (AvgIpc) is 2.81. The number of carboxylic acid groups (broad SMARTS) is 2. The van der Waals surface area contributed by atoms with E-state index in [1.807, 2.05) is 58.0 Å². The van der Waals surface area contributed by atoms with E-state index in [2.05, 4.69) is 10.6 Å². The van der Waals surface area contributed by atoms with E-state index < -0.39 is 41.7 Å². The van der Waals surface area contributed by atoms with Gasteiger partial charge in [0.1, 0.15) is 6.04 Å². The predicted molar refractivity (Wildman–Crippen MR) is 136 cm³/mol. The van der Waals surface area contributed by atoms with Crippen molar-refractivity contribution in [1.29, 1.82) is 0 Å². The van der Waals surface area contributed by atoms with Crippen LogP contribution in [0.2, 0.25) is 0 Å². The lowest BCUT2D eigenvalue weighted by molar-refractivity contribution is -0.192. The SMILES string of the molecule is CNC(C(=O)NC(C)C(=O)N(C)C(C=C(C)C(=O)O)C(C)C)C(C)(C)c1ccccc1.O=C(O)C(F)(F)F. The van der Waals surface area contributed by atoms with E-state index in [1.165, 1.54) is 11.8 Å². The van der Waals surface area contributed by atoms with E-state index in [4.69, 9.17) is 9.90 Å². The second kappa shape index (κ2) is 14.5. The maximum absolute atomic E-state index is 13.1. The smallest absolute Gasteiger partial charge is 0.478 e. The zero-order valence-corrected chi connectivity index (χ0v) is 22.9. The van der Waals surface area contributed by atoms with Crippen molar-refractivity contribution in [3.8, 4) is 0 Å². The minimum absolute atomic E-state index is 0.00761. The molecule has 0 heterocycles. The molecule has 0 aromatic heterocycles. The first kappa shape index (κ1) is 34.6. The summed E-state index contributed by atoms with van der Waals surface area (Å²) < 4.78 is 31.7. The van der Waals surface area contributed by atoms with Crippen LogP contribution in [-0.2, 0) is 24.6 Å². The summed E-state index contributed by atoms with van der Waals surface area (Å²) in [5.41, 5.74) is 0.681. The average molecular weight is 546 g/mol. The number of hydrogen-bond donors (Lipinski definition) is 4. The van der Waals surface area contributed by atoms with Gasteiger partial charge in [0.05, 0.1) is 12.1 Å². The molecule has 2 amide bonds. The summed E-state index contributed by atoms with van der Waals surface area (Å²) in [6, 6.07) is 8.03. The molecule has 1 aromatic carbocycles. The van der Waals surface area contributed by atoms with Crippen molar-refractivity contribution in [3.05, 3.63) is 47.5 Å². The molecule has 4 N–H and O–H groups in total. The summed E-state index contributed by atoms with van der Waals surface area (Å²) in [5, 5.41) is 22.2. The molecule has 0 radical (unpaired) electrons. The van der Waals surface area contributed by atoms with Gasteiger partial charge in [0.25, 0.3) is 0 Å². The predicted octanol–water partition coefficient (Wildman–Crippen LogP) is 3.20. The summed E-state index contributed by atoms with van der Waals surface area (Å²) in [6.07, 6.45) is -3.51. The number of hydrogen-bond acceptors (Lipinski definition) is 5. The number of nitrogens with one attached hydrogen (secondary N) is 2. The standard InChI is InChI=1S/C24H37N3O4.C2HF3O2/c1-15(2)19(14-16(3)23(30)31)27(8)22(29)17(4)26-21(28)20(25-7)24(5,6)18-12-10-9-11-13-18;3-2(4,5)1(6)7/h9-15,17,19-20,25H,1-8H3,(H,26,28)(H,30,31);(H,6,7). The highest BCUT2D eigenvalue weighted by Gasteiger charge is 2.38. The first-order chi connectivity index (χ1) is 17.3. The molecule has 1 aromatic rings.